The predicted molar refractivity (Wildman–Crippen MR) is 124 cm³/mol. The summed E-state index contributed by atoms with van der Waals surface area (Å²) in [4.78, 5) is 0. The number of fused-ring (bicyclic) bond motifs is 6. The molecule has 0 spiro atoms. The second kappa shape index (κ2) is 7.28. The van der Waals surface area contributed by atoms with Crippen molar-refractivity contribution in [3.63, 3.8) is 0 Å². The smallest absolute Gasteiger partial charge is 0.00987 e. The maximum Gasteiger partial charge on any atom is -0.00987 e. The van der Waals surface area contributed by atoms with Gasteiger partial charge in [-0.05, 0) is 73.6 Å². The average Bonchev–Trinajstić information content (AvgIpc) is 2.74. The molecule has 0 heterocycles. The van der Waals surface area contributed by atoms with Crippen LogP contribution in [0, 0.1) is 0 Å². The second-order valence-corrected chi connectivity index (χ2v) is 8.01. The largest absolute Gasteiger partial charge is 0.0654 e. The molecule has 138 valence electrons. The van der Waals surface area contributed by atoms with E-state index >= 15 is 0 Å². The topological polar surface area (TPSA) is 0 Å². The summed E-state index contributed by atoms with van der Waals surface area (Å²) < 4.78 is 0. The van der Waals surface area contributed by atoms with E-state index in [1.54, 1.807) is 0 Å². The minimum absolute atomic E-state index is 1.19. The average molecular weight is 363 g/mol. The number of aryl methyl sites for hydroxylation is 1. The van der Waals surface area contributed by atoms with Gasteiger partial charge in [0, 0.05) is 0 Å². The van der Waals surface area contributed by atoms with Gasteiger partial charge in [0.05, 0.1) is 0 Å². The Morgan fingerprint density at radius 3 is 1.96 bits per heavy atom. The monoisotopic (exact) mass is 362 g/mol. The van der Waals surface area contributed by atoms with E-state index in [1.165, 1.54) is 80.8 Å². The fourth-order valence-electron chi connectivity index (χ4n) is 4.53. The zero-order valence-corrected chi connectivity index (χ0v) is 16.5. The zero-order chi connectivity index (χ0) is 18.9. The molecule has 0 N–H and O–H groups in total. The van der Waals surface area contributed by atoms with Crippen molar-refractivity contribution >= 4 is 43.1 Å². The first kappa shape index (κ1) is 17.3. The number of hydrogen-bond acceptors (Lipinski definition) is 0. The fraction of sp³-hybridized carbons (Fsp3) is 0.214. The lowest BCUT2D eigenvalue weighted by atomic mass is 9.94. The van der Waals surface area contributed by atoms with Crippen molar-refractivity contribution in [1.29, 1.82) is 0 Å². The quantitative estimate of drug-likeness (QED) is 0.167. The Morgan fingerprint density at radius 1 is 0.500 bits per heavy atom. The van der Waals surface area contributed by atoms with Crippen molar-refractivity contribution in [3.05, 3.63) is 84.4 Å². The van der Waals surface area contributed by atoms with E-state index in [0.29, 0.717) is 0 Å². The summed E-state index contributed by atoms with van der Waals surface area (Å²) in [6.07, 6.45) is 6.47. The summed E-state index contributed by atoms with van der Waals surface area (Å²) >= 11 is 0. The molecule has 0 fully saturated rings. The Morgan fingerprint density at radius 2 is 1.18 bits per heavy atom. The Balaban J connectivity index is 1.62. The van der Waals surface area contributed by atoms with Crippen LogP contribution in [0.1, 0.15) is 38.2 Å². The summed E-state index contributed by atoms with van der Waals surface area (Å²) in [7, 11) is 0. The van der Waals surface area contributed by atoms with Crippen LogP contribution in [-0.4, -0.2) is 0 Å². The molecule has 0 bridgehead atoms. The van der Waals surface area contributed by atoms with Crippen molar-refractivity contribution < 1.29 is 0 Å². The number of benzene rings is 5. The molecule has 5 rings (SSSR count). The van der Waals surface area contributed by atoms with E-state index < -0.39 is 0 Å². The molecule has 0 atom stereocenters. The maximum absolute atomic E-state index is 2.39. The zero-order valence-electron chi connectivity index (χ0n) is 16.5. The summed E-state index contributed by atoms with van der Waals surface area (Å²) in [5.74, 6) is 0. The highest BCUT2D eigenvalue weighted by Crippen LogP contribution is 2.34. The van der Waals surface area contributed by atoms with Gasteiger partial charge < -0.3 is 0 Å². The van der Waals surface area contributed by atoms with Crippen LogP contribution in [0.15, 0.2) is 78.9 Å². The molecule has 0 unspecified atom stereocenters. The minimum Gasteiger partial charge on any atom is -0.0654 e. The lowest BCUT2D eigenvalue weighted by Crippen LogP contribution is -1.87. The van der Waals surface area contributed by atoms with Crippen LogP contribution >= 0.6 is 0 Å². The van der Waals surface area contributed by atoms with E-state index in [4.69, 9.17) is 0 Å². The first-order valence-corrected chi connectivity index (χ1v) is 10.6. The SMILES string of the molecule is CCCCCCc1ccc2c(ccc3c4cc5ccccc5cc4ccc23)c1. The third-order valence-electron chi connectivity index (χ3n) is 6.08. The van der Waals surface area contributed by atoms with Gasteiger partial charge in [-0.2, -0.15) is 0 Å². The molecule has 0 aliphatic rings. The molecule has 0 radical (unpaired) electrons. The molecule has 5 aromatic rings. The van der Waals surface area contributed by atoms with Crippen molar-refractivity contribution in [2.75, 3.05) is 0 Å². The highest BCUT2D eigenvalue weighted by atomic mass is 14.1. The van der Waals surface area contributed by atoms with Crippen molar-refractivity contribution in [1.82, 2.24) is 0 Å². The lowest BCUT2D eigenvalue weighted by Gasteiger charge is -2.10. The predicted octanol–water partition coefficient (Wildman–Crippen LogP) is 8.42. The Kier molecular flexibility index (Phi) is 4.49. The number of rotatable bonds is 5. The van der Waals surface area contributed by atoms with E-state index in [9.17, 15) is 0 Å². The first-order chi connectivity index (χ1) is 13.8. The molecule has 0 saturated carbocycles. The Hall–Kier alpha value is -2.86. The van der Waals surface area contributed by atoms with Crippen molar-refractivity contribution in [2.45, 2.75) is 39.0 Å². The second-order valence-electron chi connectivity index (χ2n) is 8.01. The van der Waals surface area contributed by atoms with Crippen LogP contribution in [-0.2, 0) is 6.42 Å². The van der Waals surface area contributed by atoms with E-state index in [2.05, 4.69) is 85.8 Å². The van der Waals surface area contributed by atoms with E-state index in [1.807, 2.05) is 0 Å². The molecule has 28 heavy (non-hydrogen) atoms. The van der Waals surface area contributed by atoms with Crippen LogP contribution in [0.3, 0.4) is 0 Å². The summed E-state index contributed by atoms with van der Waals surface area (Å²) in [6, 6.07) is 29.6. The maximum atomic E-state index is 2.39. The Bertz CT molecular complexity index is 1290. The lowest BCUT2D eigenvalue weighted by molar-refractivity contribution is 0.667. The fourth-order valence-corrected chi connectivity index (χ4v) is 4.53. The standard InChI is InChI=1S/C28H26/c1-2-3-4-5-8-20-11-14-25-23(17-20)12-16-27-26(25)15-13-24-18-21-9-6-7-10-22(21)19-28(24)27/h6-7,9-19H,2-5,8H2,1H3. The van der Waals surface area contributed by atoms with Crippen LogP contribution in [0.5, 0.6) is 0 Å². The van der Waals surface area contributed by atoms with Gasteiger partial charge in [-0.15, -0.1) is 0 Å². The highest BCUT2D eigenvalue weighted by molar-refractivity contribution is 6.19. The number of unbranched alkanes of at least 4 members (excludes halogenated alkanes) is 3. The van der Waals surface area contributed by atoms with Crippen LogP contribution in [0.4, 0.5) is 0 Å². The minimum atomic E-state index is 1.19. The van der Waals surface area contributed by atoms with Gasteiger partial charge in [0.1, 0.15) is 0 Å². The van der Waals surface area contributed by atoms with E-state index in [-0.39, 0.29) is 0 Å². The normalized spacial score (nSPS) is 11.8. The van der Waals surface area contributed by atoms with Crippen LogP contribution in [0.25, 0.3) is 43.1 Å². The van der Waals surface area contributed by atoms with Gasteiger partial charge in [0.15, 0.2) is 0 Å². The molecule has 0 aliphatic heterocycles. The third kappa shape index (κ3) is 3.03. The van der Waals surface area contributed by atoms with Gasteiger partial charge in [0.25, 0.3) is 0 Å². The summed E-state index contributed by atoms with van der Waals surface area (Å²) in [5.41, 5.74) is 1.47. The van der Waals surface area contributed by atoms with Gasteiger partial charge in [0.2, 0.25) is 0 Å². The van der Waals surface area contributed by atoms with Gasteiger partial charge in [-0.1, -0.05) is 92.9 Å². The molecule has 0 nitrogen and oxygen atoms in total. The molecule has 0 heteroatoms. The third-order valence-corrected chi connectivity index (χ3v) is 6.08. The Labute approximate surface area is 166 Å². The van der Waals surface area contributed by atoms with Gasteiger partial charge >= 0.3 is 0 Å². The molecule has 0 amide bonds. The van der Waals surface area contributed by atoms with Crippen molar-refractivity contribution in [3.8, 4) is 0 Å². The highest BCUT2D eigenvalue weighted by Gasteiger charge is 2.07. The first-order valence-electron chi connectivity index (χ1n) is 10.6. The summed E-state index contributed by atoms with van der Waals surface area (Å²) in [6.45, 7) is 2.27. The van der Waals surface area contributed by atoms with Crippen LogP contribution < -0.4 is 0 Å². The summed E-state index contributed by atoms with van der Waals surface area (Å²) in [5, 5.41) is 10.7. The molecule has 0 saturated heterocycles. The molecule has 0 aromatic heterocycles. The molecular formula is C28H26. The van der Waals surface area contributed by atoms with Gasteiger partial charge in [-0.25, -0.2) is 0 Å². The molecule has 5 aromatic carbocycles. The van der Waals surface area contributed by atoms with Crippen LogP contribution in [0.2, 0.25) is 0 Å². The molecule has 0 aliphatic carbocycles. The van der Waals surface area contributed by atoms with Crippen molar-refractivity contribution in [2.24, 2.45) is 0 Å². The number of hydrogen-bond donors (Lipinski definition) is 0. The van der Waals surface area contributed by atoms with E-state index in [0.717, 1.165) is 0 Å². The van der Waals surface area contributed by atoms with Gasteiger partial charge in [-0.3, -0.25) is 0 Å². The molecular weight excluding hydrogens is 336 g/mol.